The van der Waals surface area contributed by atoms with Crippen LogP contribution in [0.2, 0.25) is 0 Å². The number of aromatic amines is 1. The lowest BCUT2D eigenvalue weighted by atomic mass is 9.94. The molecule has 0 saturated heterocycles. The number of nitro groups is 1. The molecule has 0 fully saturated rings. The zero-order chi connectivity index (χ0) is 25.2. The number of rotatable bonds is 8. The van der Waals surface area contributed by atoms with Gasteiger partial charge in [-0.1, -0.05) is 6.07 Å². The fraction of sp³-hybridized carbons (Fsp3) is 0.136. The van der Waals surface area contributed by atoms with Crippen LogP contribution in [0.15, 0.2) is 41.2 Å². The molecular formula is C22H19N3O9. The van der Waals surface area contributed by atoms with Crippen LogP contribution in [0.3, 0.4) is 0 Å². The van der Waals surface area contributed by atoms with Crippen molar-refractivity contribution in [1.29, 1.82) is 0 Å². The van der Waals surface area contributed by atoms with E-state index in [1.807, 2.05) is 4.98 Å². The first-order valence-corrected chi connectivity index (χ1v) is 9.62. The van der Waals surface area contributed by atoms with Gasteiger partial charge in [0, 0.05) is 22.8 Å². The number of aromatic nitrogens is 1. The van der Waals surface area contributed by atoms with Crippen molar-refractivity contribution < 1.29 is 34.2 Å². The summed E-state index contributed by atoms with van der Waals surface area (Å²) >= 11 is 0. The molecule has 0 aliphatic rings. The first kappa shape index (κ1) is 23.8. The standard InChI is InChI=1S/C22H19N3O9/c1-10-7-13(4-5-14(10)25(31)32)34-9-12-8-11(3-6-15(12)33-2)16-17(21(27)28)19(23)24-20(26)18(16)22(29)30/h3-8H,9H2,1-2H3,(H,27,28)(H,29,30)(H3,23,24,26). The molecule has 5 N–H and O–H groups in total. The summed E-state index contributed by atoms with van der Waals surface area (Å²) in [6, 6.07) is 8.48. The van der Waals surface area contributed by atoms with Crippen LogP contribution in [0.4, 0.5) is 11.5 Å². The molecule has 3 aromatic rings. The van der Waals surface area contributed by atoms with Crippen LogP contribution in [0.5, 0.6) is 11.5 Å². The zero-order valence-electron chi connectivity index (χ0n) is 17.9. The number of carboxylic acids is 2. The van der Waals surface area contributed by atoms with Crippen molar-refractivity contribution in [3.05, 3.63) is 79.1 Å². The number of hydrogen-bond acceptors (Lipinski definition) is 8. The predicted molar refractivity (Wildman–Crippen MR) is 120 cm³/mol. The number of carbonyl (C=O) groups is 2. The summed E-state index contributed by atoms with van der Waals surface area (Å²) in [5.41, 5.74) is 3.71. The van der Waals surface area contributed by atoms with E-state index in [4.69, 9.17) is 15.2 Å². The Morgan fingerprint density at radius 1 is 1.12 bits per heavy atom. The highest BCUT2D eigenvalue weighted by atomic mass is 16.6. The maximum absolute atomic E-state index is 12.3. The predicted octanol–water partition coefficient (Wildman–Crippen LogP) is 2.82. The zero-order valence-corrected chi connectivity index (χ0v) is 17.9. The number of anilines is 1. The van der Waals surface area contributed by atoms with E-state index in [1.54, 1.807) is 6.92 Å². The molecule has 12 heteroatoms. The highest BCUT2D eigenvalue weighted by Gasteiger charge is 2.27. The van der Waals surface area contributed by atoms with E-state index in [9.17, 15) is 34.7 Å². The Bertz CT molecular complexity index is 1380. The lowest BCUT2D eigenvalue weighted by Gasteiger charge is -2.15. The fourth-order valence-corrected chi connectivity index (χ4v) is 3.47. The molecule has 0 amide bonds. The third kappa shape index (κ3) is 4.50. The third-order valence-electron chi connectivity index (χ3n) is 5.00. The van der Waals surface area contributed by atoms with Crippen LogP contribution >= 0.6 is 0 Å². The molecule has 176 valence electrons. The number of carboxylic acid groups (broad SMARTS) is 2. The van der Waals surface area contributed by atoms with Gasteiger partial charge in [0.2, 0.25) is 0 Å². The molecule has 0 saturated carbocycles. The van der Waals surface area contributed by atoms with Gasteiger partial charge in [-0.15, -0.1) is 0 Å². The average Bonchev–Trinajstić information content (AvgIpc) is 2.76. The van der Waals surface area contributed by atoms with E-state index in [2.05, 4.69) is 0 Å². The molecule has 1 aromatic heterocycles. The molecular weight excluding hydrogens is 450 g/mol. The monoisotopic (exact) mass is 469 g/mol. The van der Waals surface area contributed by atoms with Gasteiger partial charge >= 0.3 is 11.9 Å². The van der Waals surface area contributed by atoms with Crippen molar-refractivity contribution in [3.63, 3.8) is 0 Å². The highest BCUT2D eigenvalue weighted by Crippen LogP contribution is 2.33. The minimum absolute atomic E-state index is 0.0683. The van der Waals surface area contributed by atoms with Gasteiger partial charge in [-0.25, -0.2) is 9.59 Å². The molecule has 0 atom stereocenters. The molecule has 0 aliphatic carbocycles. The van der Waals surface area contributed by atoms with Crippen LogP contribution in [0, 0.1) is 17.0 Å². The van der Waals surface area contributed by atoms with Gasteiger partial charge in [-0.05, 0) is 36.8 Å². The molecule has 34 heavy (non-hydrogen) atoms. The molecule has 12 nitrogen and oxygen atoms in total. The number of nitrogens with two attached hydrogens (primary N) is 1. The van der Waals surface area contributed by atoms with Crippen molar-refractivity contribution >= 4 is 23.4 Å². The van der Waals surface area contributed by atoms with E-state index in [0.717, 1.165) is 0 Å². The number of H-pyrrole nitrogens is 1. The number of pyridine rings is 1. The number of aromatic carboxylic acids is 2. The van der Waals surface area contributed by atoms with Crippen molar-refractivity contribution in [1.82, 2.24) is 4.98 Å². The van der Waals surface area contributed by atoms with Crippen LogP contribution in [-0.4, -0.2) is 39.2 Å². The van der Waals surface area contributed by atoms with E-state index in [0.29, 0.717) is 22.6 Å². The molecule has 0 spiro atoms. The minimum Gasteiger partial charge on any atom is -0.496 e. The first-order chi connectivity index (χ1) is 16.0. The smallest absolute Gasteiger partial charge is 0.342 e. The van der Waals surface area contributed by atoms with Gasteiger partial charge in [-0.3, -0.25) is 14.9 Å². The number of ether oxygens (including phenoxy) is 2. The first-order valence-electron chi connectivity index (χ1n) is 9.62. The van der Waals surface area contributed by atoms with Gasteiger partial charge in [0.25, 0.3) is 11.2 Å². The molecule has 0 unspecified atom stereocenters. The minimum atomic E-state index is -1.63. The summed E-state index contributed by atoms with van der Waals surface area (Å²) in [6.45, 7) is 1.45. The second kappa shape index (κ2) is 9.32. The van der Waals surface area contributed by atoms with Gasteiger partial charge in [0.05, 0.1) is 12.0 Å². The summed E-state index contributed by atoms with van der Waals surface area (Å²) in [5.74, 6) is -2.98. The molecule has 0 aliphatic heterocycles. The van der Waals surface area contributed by atoms with Crippen LogP contribution in [0.1, 0.15) is 31.8 Å². The molecule has 0 radical (unpaired) electrons. The van der Waals surface area contributed by atoms with Gasteiger partial charge in [0.15, 0.2) is 0 Å². The summed E-state index contributed by atoms with van der Waals surface area (Å²) in [5, 5.41) is 30.2. The molecule has 2 aromatic carbocycles. The Morgan fingerprint density at radius 3 is 2.35 bits per heavy atom. The maximum atomic E-state index is 12.3. The van der Waals surface area contributed by atoms with Crippen molar-refractivity contribution in [2.75, 3.05) is 12.8 Å². The average molecular weight is 469 g/mol. The topological polar surface area (TPSA) is 195 Å². The number of nitrogens with one attached hydrogen (secondary N) is 1. The number of benzene rings is 2. The maximum Gasteiger partial charge on any atom is 0.342 e. The molecule has 3 rings (SSSR count). The Morgan fingerprint density at radius 2 is 1.79 bits per heavy atom. The summed E-state index contributed by atoms with van der Waals surface area (Å²) in [7, 11) is 1.39. The van der Waals surface area contributed by atoms with E-state index >= 15 is 0 Å². The van der Waals surface area contributed by atoms with Crippen molar-refractivity contribution in [2.24, 2.45) is 0 Å². The van der Waals surface area contributed by atoms with Crippen LogP contribution in [0.25, 0.3) is 11.1 Å². The van der Waals surface area contributed by atoms with Crippen LogP contribution in [-0.2, 0) is 6.61 Å². The van der Waals surface area contributed by atoms with Crippen LogP contribution < -0.4 is 20.8 Å². The Hall–Kier alpha value is -4.87. The lowest BCUT2D eigenvalue weighted by molar-refractivity contribution is -0.385. The Balaban J connectivity index is 2.10. The fourth-order valence-electron chi connectivity index (χ4n) is 3.47. The second-order valence-corrected chi connectivity index (χ2v) is 7.12. The summed E-state index contributed by atoms with van der Waals surface area (Å²) in [4.78, 5) is 48.4. The van der Waals surface area contributed by atoms with E-state index in [-0.39, 0.29) is 23.4 Å². The van der Waals surface area contributed by atoms with Crippen molar-refractivity contribution in [3.8, 4) is 22.6 Å². The number of nitrogen functional groups attached to an aromatic ring is 1. The van der Waals surface area contributed by atoms with Crippen molar-refractivity contribution in [2.45, 2.75) is 13.5 Å². The van der Waals surface area contributed by atoms with Gasteiger partial charge < -0.3 is 30.4 Å². The van der Waals surface area contributed by atoms with E-state index in [1.165, 1.54) is 43.5 Å². The van der Waals surface area contributed by atoms with E-state index < -0.39 is 39.4 Å². The number of nitro benzene ring substituents is 1. The van der Waals surface area contributed by atoms with Gasteiger partial charge in [0.1, 0.15) is 35.1 Å². The Labute approximate surface area is 191 Å². The highest BCUT2D eigenvalue weighted by molar-refractivity contribution is 6.07. The lowest BCUT2D eigenvalue weighted by Crippen LogP contribution is -2.24. The Kier molecular flexibility index (Phi) is 6.52. The number of aryl methyl sites for hydroxylation is 1. The molecule has 0 bridgehead atoms. The summed E-state index contributed by atoms with van der Waals surface area (Å²) in [6.07, 6.45) is 0. The normalized spacial score (nSPS) is 10.5. The summed E-state index contributed by atoms with van der Waals surface area (Å²) < 4.78 is 11.0. The quantitative estimate of drug-likeness (QED) is 0.281. The second-order valence-electron chi connectivity index (χ2n) is 7.12. The molecule has 1 heterocycles. The third-order valence-corrected chi connectivity index (χ3v) is 5.00. The number of nitrogens with zero attached hydrogens (tertiary/aromatic N) is 1. The van der Waals surface area contributed by atoms with Gasteiger partial charge in [-0.2, -0.15) is 0 Å². The number of hydrogen-bond donors (Lipinski definition) is 4. The largest absolute Gasteiger partial charge is 0.496 e. The SMILES string of the molecule is COc1ccc(-c2c(C(=O)O)c(N)[nH]c(=O)c2C(=O)O)cc1COc1ccc([N+](=O)[O-])c(C)c1. The number of methoxy groups -OCH3 is 1.